The third-order valence-electron chi connectivity index (χ3n) is 4.33. The van der Waals surface area contributed by atoms with Crippen molar-refractivity contribution in [3.8, 4) is 0 Å². The van der Waals surface area contributed by atoms with Crippen molar-refractivity contribution >= 4 is 17.2 Å². The first-order valence-electron chi connectivity index (χ1n) is 7.56. The molecule has 0 saturated carbocycles. The van der Waals surface area contributed by atoms with Crippen LogP contribution in [0.2, 0.25) is 5.15 Å². The van der Waals surface area contributed by atoms with Gasteiger partial charge in [0.1, 0.15) is 5.15 Å². The summed E-state index contributed by atoms with van der Waals surface area (Å²) in [5.41, 5.74) is 3.37. The molecule has 0 spiro atoms. The van der Waals surface area contributed by atoms with Gasteiger partial charge in [-0.3, -0.25) is 4.90 Å². The average Bonchev–Trinajstić information content (AvgIpc) is 3.16. The Labute approximate surface area is 134 Å². The normalized spacial score (nSPS) is 19.0. The highest BCUT2D eigenvalue weighted by atomic mass is 35.5. The molecule has 22 heavy (non-hydrogen) atoms. The van der Waals surface area contributed by atoms with E-state index in [1.165, 1.54) is 12.0 Å². The first kappa shape index (κ1) is 13.7. The minimum atomic E-state index is 0.496. The number of aromatic nitrogens is 3. The molecule has 0 radical (unpaired) electrons. The molecule has 4 nitrogen and oxygen atoms in total. The van der Waals surface area contributed by atoms with Crippen molar-refractivity contribution in [3.63, 3.8) is 0 Å². The summed E-state index contributed by atoms with van der Waals surface area (Å²) in [6.07, 6.45) is 3.10. The lowest BCUT2D eigenvalue weighted by molar-refractivity contribution is 0.320. The van der Waals surface area contributed by atoms with Crippen LogP contribution in [0.1, 0.15) is 23.6 Å². The van der Waals surface area contributed by atoms with Crippen LogP contribution in [0.15, 0.2) is 48.7 Å². The first-order valence-corrected chi connectivity index (χ1v) is 7.94. The van der Waals surface area contributed by atoms with Gasteiger partial charge in [0.05, 0.1) is 11.9 Å². The minimum absolute atomic E-state index is 0.496. The van der Waals surface area contributed by atoms with E-state index in [0.29, 0.717) is 11.1 Å². The molecule has 1 unspecified atom stereocenters. The van der Waals surface area contributed by atoms with Crippen LogP contribution in [0.3, 0.4) is 0 Å². The summed E-state index contributed by atoms with van der Waals surface area (Å²) in [7, 11) is 0. The van der Waals surface area contributed by atoms with Crippen LogP contribution >= 0.6 is 11.6 Å². The van der Waals surface area contributed by atoms with E-state index < -0.39 is 0 Å². The second-order valence-electron chi connectivity index (χ2n) is 5.81. The number of imidazole rings is 1. The molecule has 1 fully saturated rings. The molecule has 3 aromatic rings. The summed E-state index contributed by atoms with van der Waals surface area (Å²) >= 11 is 5.99. The van der Waals surface area contributed by atoms with Gasteiger partial charge in [-0.05, 0) is 36.6 Å². The van der Waals surface area contributed by atoms with E-state index in [4.69, 9.17) is 11.6 Å². The molecule has 1 aliphatic heterocycles. The van der Waals surface area contributed by atoms with Crippen LogP contribution in [0.25, 0.3) is 5.65 Å². The first-order chi connectivity index (χ1) is 10.8. The average molecular weight is 313 g/mol. The van der Waals surface area contributed by atoms with E-state index in [1.54, 1.807) is 6.07 Å². The molecular weight excluding hydrogens is 296 g/mol. The number of nitrogens with zero attached hydrogens (tertiary/aromatic N) is 4. The summed E-state index contributed by atoms with van der Waals surface area (Å²) in [5, 5.41) is 4.84. The third-order valence-corrected chi connectivity index (χ3v) is 4.53. The zero-order valence-corrected chi connectivity index (χ0v) is 12.9. The topological polar surface area (TPSA) is 33.4 Å². The number of hydrogen-bond acceptors (Lipinski definition) is 3. The summed E-state index contributed by atoms with van der Waals surface area (Å²) in [4.78, 5) is 6.86. The molecule has 5 heteroatoms. The quantitative estimate of drug-likeness (QED) is 0.743. The lowest BCUT2D eigenvalue weighted by atomic mass is 9.99. The van der Waals surface area contributed by atoms with Crippen LogP contribution in [0.4, 0.5) is 0 Å². The second-order valence-corrected chi connectivity index (χ2v) is 6.19. The van der Waals surface area contributed by atoms with Gasteiger partial charge in [-0.25, -0.2) is 9.50 Å². The molecule has 1 atom stereocenters. The Kier molecular flexibility index (Phi) is 3.56. The van der Waals surface area contributed by atoms with E-state index in [9.17, 15) is 0 Å². The molecule has 1 aliphatic rings. The molecule has 112 valence electrons. The van der Waals surface area contributed by atoms with Gasteiger partial charge in [0.15, 0.2) is 5.65 Å². The predicted molar refractivity (Wildman–Crippen MR) is 87.1 cm³/mol. The smallest absolute Gasteiger partial charge is 0.153 e. The molecule has 0 bridgehead atoms. The van der Waals surface area contributed by atoms with Gasteiger partial charge in [0.25, 0.3) is 0 Å². The maximum atomic E-state index is 5.99. The predicted octanol–water partition coefficient (Wildman–Crippen LogP) is 3.37. The standard InChI is InChI=1S/C17H17ClN4/c18-16-6-7-17-19-10-15(22(17)20-16)12-21-9-8-14(11-21)13-4-2-1-3-5-13/h1-7,10,14H,8-9,11-12H2. The van der Waals surface area contributed by atoms with Crippen molar-refractivity contribution in [2.75, 3.05) is 13.1 Å². The number of hydrogen-bond donors (Lipinski definition) is 0. The highest BCUT2D eigenvalue weighted by molar-refractivity contribution is 6.29. The van der Waals surface area contributed by atoms with Crippen molar-refractivity contribution in [1.29, 1.82) is 0 Å². The largest absolute Gasteiger partial charge is 0.297 e. The van der Waals surface area contributed by atoms with E-state index >= 15 is 0 Å². The van der Waals surface area contributed by atoms with Crippen LogP contribution in [-0.4, -0.2) is 32.6 Å². The maximum absolute atomic E-state index is 5.99. The van der Waals surface area contributed by atoms with Crippen LogP contribution in [-0.2, 0) is 6.54 Å². The summed E-state index contributed by atoms with van der Waals surface area (Å²) in [5.74, 6) is 0.622. The molecule has 2 aromatic heterocycles. The van der Waals surface area contributed by atoms with E-state index in [-0.39, 0.29) is 0 Å². The Morgan fingerprint density at radius 2 is 2.00 bits per heavy atom. The molecule has 3 heterocycles. The van der Waals surface area contributed by atoms with Gasteiger partial charge in [-0.1, -0.05) is 41.9 Å². The van der Waals surface area contributed by atoms with Crippen molar-refractivity contribution in [2.24, 2.45) is 0 Å². The number of likely N-dealkylation sites (tertiary alicyclic amines) is 1. The van der Waals surface area contributed by atoms with E-state index in [1.807, 2.05) is 16.8 Å². The van der Waals surface area contributed by atoms with Crippen LogP contribution in [0.5, 0.6) is 0 Å². The fourth-order valence-corrected chi connectivity index (χ4v) is 3.35. The molecule has 1 aromatic carbocycles. The fourth-order valence-electron chi connectivity index (χ4n) is 3.21. The molecular formula is C17H17ClN4. The highest BCUT2D eigenvalue weighted by Crippen LogP contribution is 2.28. The van der Waals surface area contributed by atoms with E-state index in [0.717, 1.165) is 31.0 Å². The molecule has 1 saturated heterocycles. The van der Waals surface area contributed by atoms with Gasteiger partial charge in [-0.15, -0.1) is 0 Å². The zero-order chi connectivity index (χ0) is 14.9. The van der Waals surface area contributed by atoms with Crippen molar-refractivity contribution in [2.45, 2.75) is 18.9 Å². The number of benzene rings is 1. The maximum Gasteiger partial charge on any atom is 0.153 e. The Bertz CT molecular complexity index is 784. The summed E-state index contributed by atoms with van der Waals surface area (Å²) in [6, 6.07) is 14.4. The van der Waals surface area contributed by atoms with Crippen molar-refractivity contribution < 1.29 is 0 Å². The zero-order valence-electron chi connectivity index (χ0n) is 12.2. The fraction of sp³-hybridized carbons (Fsp3) is 0.294. The van der Waals surface area contributed by atoms with Gasteiger partial charge in [0, 0.05) is 13.1 Å². The van der Waals surface area contributed by atoms with Crippen LogP contribution < -0.4 is 0 Å². The van der Waals surface area contributed by atoms with Gasteiger partial charge >= 0.3 is 0 Å². The number of halogens is 1. The second kappa shape index (κ2) is 5.71. The Morgan fingerprint density at radius 1 is 1.14 bits per heavy atom. The Morgan fingerprint density at radius 3 is 2.86 bits per heavy atom. The SMILES string of the molecule is Clc1ccc2ncc(CN3CCC(c4ccccc4)C3)n2n1. The minimum Gasteiger partial charge on any atom is -0.297 e. The molecule has 0 N–H and O–H groups in total. The Hall–Kier alpha value is -1.91. The third kappa shape index (κ3) is 2.60. The highest BCUT2D eigenvalue weighted by Gasteiger charge is 2.24. The van der Waals surface area contributed by atoms with Crippen molar-refractivity contribution in [3.05, 3.63) is 65.1 Å². The van der Waals surface area contributed by atoms with Gasteiger partial charge in [-0.2, -0.15) is 5.10 Å². The number of fused-ring (bicyclic) bond motifs is 1. The lowest BCUT2D eigenvalue weighted by Crippen LogP contribution is -2.21. The molecule has 0 aliphatic carbocycles. The van der Waals surface area contributed by atoms with Gasteiger partial charge in [0.2, 0.25) is 0 Å². The molecule has 0 amide bonds. The van der Waals surface area contributed by atoms with E-state index in [2.05, 4.69) is 45.3 Å². The van der Waals surface area contributed by atoms with Crippen molar-refractivity contribution in [1.82, 2.24) is 19.5 Å². The summed E-state index contributed by atoms with van der Waals surface area (Å²) < 4.78 is 1.85. The lowest BCUT2D eigenvalue weighted by Gasteiger charge is -2.15. The monoisotopic (exact) mass is 312 g/mol. The molecule has 4 rings (SSSR count). The number of rotatable bonds is 3. The summed E-state index contributed by atoms with van der Waals surface area (Å²) in [6.45, 7) is 3.04. The van der Waals surface area contributed by atoms with Crippen LogP contribution in [0, 0.1) is 0 Å². The Balaban J connectivity index is 1.51. The van der Waals surface area contributed by atoms with Gasteiger partial charge < -0.3 is 0 Å².